The molecule has 0 aliphatic carbocycles. The molecule has 0 bridgehead atoms. The molecule has 0 saturated heterocycles. The third kappa shape index (κ3) is 1.64. The fourth-order valence-electron chi connectivity index (χ4n) is 1.63. The quantitative estimate of drug-likeness (QED) is 0.782. The Balaban J connectivity index is 2.03. The highest BCUT2D eigenvalue weighted by Gasteiger charge is 2.16. The van der Waals surface area contributed by atoms with Crippen LogP contribution >= 0.6 is 11.3 Å². The summed E-state index contributed by atoms with van der Waals surface area (Å²) in [6.07, 6.45) is 4.51. The molecule has 3 heterocycles. The lowest BCUT2D eigenvalue weighted by Crippen LogP contribution is -2.22. The summed E-state index contributed by atoms with van der Waals surface area (Å²) in [6, 6.07) is 1.82. The van der Waals surface area contributed by atoms with E-state index in [2.05, 4.69) is 20.3 Å². The zero-order chi connectivity index (χ0) is 10.1. The van der Waals surface area contributed by atoms with E-state index in [1.807, 2.05) is 6.07 Å². The van der Waals surface area contributed by atoms with Crippen molar-refractivity contribution in [2.24, 2.45) is 0 Å². The van der Waals surface area contributed by atoms with Gasteiger partial charge in [0.2, 0.25) is 0 Å². The minimum Gasteiger partial charge on any atom is -0.311 e. The van der Waals surface area contributed by atoms with Crippen LogP contribution in [0.15, 0.2) is 18.5 Å². The summed E-state index contributed by atoms with van der Waals surface area (Å²) in [4.78, 5) is 14.3. The van der Waals surface area contributed by atoms with E-state index in [-0.39, 0.29) is 0 Å². The summed E-state index contributed by atoms with van der Waals surface area (Å²) in [5, 5.41) is 4.27. The Morgan fingerprint density at radius 2 is 2.13 bits per heavy atom. The topological polar surface area (TPSA) is 50.7 Å². The number of rotatable bonds is 1. The molecule has 0 saturated carbocycles. The molecule has 0 fully saturated rings. The van der Waals surface area contributed by atoms with Crippen LogP contribution in [-0.2, 0) is 13.0 Å². The maximum Gasteiger partial charge on any atom is 0.188 e. The van der Waals surface area contributed by atoms with Crippen LogP contribution in [0.25, 0.3) is 10.8 Å². The van der Waals surface area contributed by atoms with Crippen molar-refractivity contribution in [1.29, 1.82) is 0 Å². The van der Waals surface area contributed by atoms with Crippen molar-refractivity contribution < 1.29 is 0 Å². The molecule has 15 heavy (non-hydrogen) atoms. The monoisotopic (exact) mass is 218 g/mol. The van der Waals surface area contributed by atoms with Gasteiger partial charge in [-0.25, -0.2) is 15.0 Å². The molecule has 4 nitrogen and oxygen atoms in total. The lowest BCUT2D eigenvalue weighted by molar-refractivity contribution is 0.644. The molecule has 3 rings (SSSR count). The van der Waals surface area contributed by atoms with Crippen molar-refractivity contribution in [3.05, 3.63) is 29.0 Å². The van der Waals surface area contributed by atoms with Crippen molar-refractivity contribution in [1.82, 2.24) is 20.3 Å². The normalized spacial score (nSPS) is 14.9. The molecule has 2 aromatic rings. The second-order valence-corrected chi connectivity index (χ2v) is 4.47. The third-order valence-corrected chi connectivity index (χ3v) is 3.45. The van der Waals surface area contributed by atoms with E-state index in [0.29, 0.717) is 0 Å². The van der Waals surface area contributed by atoms with Crippen LogP contribution in [0.2, 0.25) is 0 Å². The summed E-state index contributed by atoms with van der Waals surface area (Å²) in [5.74, 6) is 0.733. The van der Waals surface area contributed by atoms with Crippen molar-refractivity contribution in [2.75, 3.05) is 6.54 Å². The average molecular weight is 218 g/mol. The molecule has 0 amide bonds. The Labute approximate surface area is 91.4 Å². The zero-order valence-corrected chi connectivity index (χ0v) is 8.92. The highest BCUT2D eigenvalue weighted by atomic mass is 32.1. The molecular weight excluding hydrogens is 208 g/mol. The van der Waals surface area contributed by atoms with E-state index in [4.69, 9.17) is 0 Å². The van der Waals surface area contributed by atoms with E-state index in [1.165, 1.54) is 10.6 Å². The van der Waals surface area contributed by atoms with E-state index in [1.54, 1.807) is 23.7 Å². The summed E-state index contributed by atoms with van der Waals surface area (Å²) in [5.41, 5.74) is 1.21. The minimum atomic E-state index is 0.733. The lowest BCUT2D eigenvalue weighted by atomic mass is 10.2. The van der Waals surface area contributed by atoms with Gasteiger partial charge in [-0.3, -0.25) is 0 Å². The summed E-state index contributed by atoms with van der Waals surface area (Å²) in [6.45, 7) is 1.95. The lowest BCUT2D eigenvalue weighted by Gasteiger charge is -2.09. The molecule has 1 aliphatic heterocycles. The maximum atomic E-state index is 4.57. The van der Waals surface area contributed by atoms with Crippen LogP contribution in [0.1, 0.15) is 10.6 Å². The SMILES string of the molecule is c1cnc(-c2nc3c(s2)CNCC3)nc1. The Hall–Kier alpha value is -1.33. The van der Waals surface area contributed by atoms with Gasteiger partial charge < -0.3 is 5.32 Å². The van der Waals surface area contributed by atoms with Crippen LogP contribution in [0.4, 0.5) is 0 Å². The van der Waals surface area contributed by atoms with Crippen molar-refractivity contribution in [2.45, 2.75) is 13.0 Å². The molecular formula is C10H10N4S. The van der Waals surface area contributed by atoms with E-state index < -0.39 is 0 Å². The van der Waals surface area contributed by atoms with Gasteiger partial charge in [0.25, 0.3) is 0 Å². The Morgan fingerprint density at radius 3 is 2.93 bits per heavy atom. The number of nitrogens with one attached hydrogen (secondary N) is 1. The Morgan fingerprint density at radius 1 is 1.27 bits per heavy atom. The Kier molecular flexibility index (Phi) is 2.19. The first-order valence-electron chi connectivity index (χ1n) is 4.90. The van der Waals surface area contributed by atoms with Gasteiger partial charge in [-0.15, -0.1) is 11.3 Å². The van der Waals surface area contributed by atoms with Gasteiger partial charge in [-0.1, -0.05) is 0 Å². The minimum absolute atomic E-state index is 0.733. The maximum absolute atomic E-state index is 4.57. The van der Waals surface area contributed by atoms with Gasteiger partial charge in [0.05, 0.1) is 5.69 Å². The first-order chi connectivity index (χ1) is 7.43. The molecule has 1 N–H and O–H groups in total. The molecule has 1 aliphatic rings. The van der Waals surface area contributed by atoms with Gasteiger partial charge in [0, 0.05) is 36.8 Å². The fraction of sp³-hybridized carbons (Fsp3) is 0.300. The number of aromatic nitrogens is 3. The van der Waals surface area contributed by atoms with Gasteiger partial charge in [0.15, 0.2) is 10.8 Å². The predicted octanol–water partition coefficient (Wildman–Crippen LogP) is 1.25. The first-order valence-corrected chi connectivity index (χ1v) is 5.72. The van der Waals surface area contributed by atoms with Crippen LogP contribution in [0.3, 0.4) is 0 Å². The number of fused-ring (bicyclic) bond motifs is 1. The van der Waals surface area contributed by atoms with Crippen LogP contribution in [-0.4, -0.2) is 21.5 Å². The smallest absolute Gasteiger partial charge is 0.188 e. The summed E-state index contributed by atoms with van der Waals surface area (Å²) >= 11 is 1.69. The largest absolute Gasteiger partial charge is 0.311 e. The second kappa shape index (κ2) is 3.67. The third-order valence-electron chi connectivity index (χ3n) is 2.36. The number of thiazole rings is 1. The van der Waals surface area contributed by atoms with Gasteiger partial charge in [0.1, 0.15) is 0 Å². The molecule has 0 unspecified atom stereocenters. The van der Waals surface area contributed by atoms with E-state index >= 15 is 0 Å². The predicted molar refractivity (Wildman–Crippen MR) is 58.6 cm³/mol. The van der Waals surface area contributed by atoms with Gasteiger partial charge in [-0.2, -0.15) is 0 Å². The molecule has 76 valence electrons. The van der Waals surface area contributed by atoms with Gasteiger partial charge >= 0.3 is 0 Å². The molecule has 0 spiro atoms. The zero-order valence-electron chi connectivity index (χ0n) is 8.10. The molecule has 2 aromatic heterocycles. The number of hydrogen-bond acceptors (Lipinski definition) is 5. The van der Waals surface area contributed by atoms with Crippen LogP contribution in [0.5, 0.6) is 0 Å². The molecule has 0 aromatic carbocycles. The number of hydrogen-bond donors (Lipinski definition) is 1. The molecule has 0 radical (unpaired) electrons. The summed E-state index contributed by atoms with van der Waals surface area (Å²) < 4.78 is 0. The summed E-state index contributed by atoms with van der Waals surface area (Å²) in [7, 11) is 0. The number of nitrogens with zero attached hydrogens (tertiary/aromatic N) is 3. The van der Waals surface area contributed by atoms with Crippen LogP contribution in [0, 0.1) is 0 Å². The average Bonchev–Trinajstić information content (AvgIpc) is 2.74. The van der Waals surface area contributed by atoms with Crippen LogP contribution < -0.4 is 5.32 Å². The van der Waals surface area contributed by atoms with Gasteiger partial charge in [-0.05, 0) is 6.07 Å². The van der Waals surface area contributed by atoms with Crippen molar-refractivity contribution >= 4 is 11.3 Å². The highest BCUT2D eigenvalue weighted by Crippen LogP contribution is 2.27. The molecule has 5 heteroatoms. The van der Waals surface area contributed by atoms with Crippen molar-refractivity contribution in [3.63, 3.8) is 0 Å². The van der Waals surface area contributed by atoms with E-state index in [9.17, 15) is 0 Å². The standard InChI is InChI=1S/C10H10N4S/c1-3-12-9(13-4-1)10-14-7-2-5-11-6-8(7)15-10/h1,3-4,11H,2,5-6H2. The second-order valence-electron chi connectivity index (χ2n) is 3.39. The first kappa shape index (κ1) is 8.94. The van der Waals surface area contributed by atoms with E-state index in [0.717, 1.165) is 30.3 Å². The fourth-order valence-corrected chi connectivity index (χ4v) is 2.66. The molecule has 0 atom stereocenters. The Bertz CT molecular complexity index is 442. The highest BCUT2D eigenvalue weighted by molar-refractivity contribution is 7.15. The van der Waals surface area contributed by atoms with Crippen molar-refractivity contribution in [3.8, 4) is 10.8 Å².